The number of carboxylic acid groups (broad SMARTS) is 2. The third kappa shape index (κ3) is 3.57. The first-order valence-corrected chi connectivity index (χ1v) is 7.10. The predicted molar refractivity (Wildman–Crippen MR) is 85.2 cm³/mol. The average Bonchev–Trinajstić information content (AvgIpc) is 2.55. The van der Waals surface area contributed by atoms with Gasteiger partial charge in [-0.2, -0.15) is 0 Å². The van der Waals surface area contributed by atoms with Crippen molar-refractivity contribution in [2.75, 3.05) is 7.11 Å². The second-order valence-electron chi connectivity index (χ2n) is 5.31. The van der Waals surface area contributed by atoms with E-state index in [4.69, 9.17) is 4.74 Å². The number of ether oxygens (including phenoxy) is 1. The number of phenolic OH excluding ortho intramolecular Hbond substituents is 3. The topological polar surface area (TPSA) is 145 Å². The molecule has 2 atom stereocenters. The van der Waals surface area contributed by atoms with Crippen molar-refractivity contribution in [3.8, 4) is 23.0 Å². The molecule has 0 spiro atoms. The summed E-state index contributed by atoms with van der Waals surface area (Å²) in [6, 6.07) is 7.04. The van der Waals surface area contributed by atoms with E-state index in [0.29, 0.717) is 0 Å². The van der Waals surface area contributed by atoms with Crippen LogP contribution in [0.3, 0.4) is 0 Å². The number of carboxylic acids is 2. The first kappa shape index (κ1) is 17.9. The van der Waals surface area contributed by atoms with E-state index in [0.717, 1.165) is 12.1 Å². The van der Waals surface area contributed by atoms with Crippen molar-refractivity contribution in [2.24, 2.45) is 0 Å². The maximum absolute atomic E-state index is 11.8. The van der Waals surface area contributed by atoms with Gasteiger partial charge in [-0.05, 0) is 35.4 Å². The maximum atomic E-state index is 11.8. The third-order valence-corrected chi connectivity index (χ3v) is 3.79. The molecule has 0 fully saturated rings. The van der Waals surface area contributed by atoms with E-state index in [1.807, 2.05) is 0 Å². The molecule has 5 N–H and O–H groups in total. The van der Waals surface area contributed by atoms with E-state index in [1.165, 1.54) is 31.4 Å². The number of hydrogen-bond donors (Lipinski definition) is 5. The van der Waals surface area contributed by atoms with Crippen molar-refractivity contribution in [3.63, 3.8) is 0 Å². The van der Waals surface area contributed by atoms with Gasteiger partial charge in [-0.3, -0.25) is 9.59 Å². The lowest BCUT2D eigenvalue weighted by atomic mass is 9.81. The Bertz CT molecular complexity index is 814. The minimum absolute atomic E-state index is 0.00134. The van der Waals surface area contributed by atoms with Crippen LogP contribution >= 0.6 is 0 Å². The number of rotatable bonds is 6. The number of phenols is 3. The largest absolute Gasteiger partial charge is 0.504 e. The van der Waals surface area contributed by atoms with Crippen LogP contribution in [0.4, 0.5) is 0 Å². The van der Waals surface area contributed by atoms with Gasteiger partial charge in [0, 0.05) is 0 Å². The summed E-state index contributed by atoms with van der Waals surface area (Å²) in [7, 11) is 1.28. The van der Waals surface area contributed by atoms with Crippen LogP contribution in [0.15, 0.2) is 36.4 Å². The molecular weight excluding hydrogens is 332 g/mol. The highest BCUT2D eigenvalue weighted by molar-refractivity contribution is 5.88. The number of hydrogen-bond acceptors (Lipinski definition) is 6. The average molecular weight is 348 g/mol. The van der Waals surface area contributed by atoms with Gasteiger partial charge in [0.15, 0.2) is 23.0 Å². The lowest BCUT2D eigenvalue weighted by Gasteiger charge is -2.22. The zero-order chi connectivity index (χ0) is 18.7. The molecule has 0 aliphatic heterocycles. The molecular formula is C17H16O8. The van der Waals surface area contributed by atoms with Gasteiger partial charge in [-0.15, -0.1) is 0 Å². The minimum Gasteiger partial charge on any atom is -0.504 e. The molecule has 0 aliphatic rings. The second kappa shape index (κ2) is 7.00. The van der Waals surface area contributed by atoms with E-state index in [9.17, 15) is 35.1 Å². The summed E-state index contributed by atoms with van der Waals surface area (Å²) in [6.45, 7) is 0. The molecule has 0 saturated heterocycles. The predicted octanol–water partition coefficient (Wildman–Crippen LogP) is 1.85. The molecule has 0 amide bonds. The quantitative estimate of drug-likeness (QED) is 0.497. The molecule has 132 valence electrons. The van der Waals surface area contributed by atoms with Gasteiger partial charge in [0.05, 0.1) is 18.9 Å². The molecule has 2 rings (SSSR count). The summed E-state index contributed by atoms with van der Waals surface area (Å²) in [4.78, 5) is 23.5. The lowest BCUT2D eigenvalue weighted by Crippen LogP contribution is -2.26. The molecule has 0 saturated carbocycles. The standard InChI is InChI=1S/C17H16O8/c1-25-13-7-9(3-5-11(13)19)15(17(23)24)14(16(21)22)8-2-4-10(18)12(20)6-8/h2-7,14-15,18-20H,1H3,(H,21,22)(H,23,24). The molecule has 0 aliphatic carbocycles. The summed E-state index contributed by atoms with van der Waals surface area (Å²) in [5, 5.41) is 47.8. The number of methoxy groups -OCH3 is 1. The molecule has 0 bridgehead atoms. The van der Waals surface area contributed by atoms with Crippen molar-refractivity contribution in [1.82, 2.24) is 0 Å². The van der Waals surface area contributed by atoms with Crippen molar-refractivity contribution in [2.45, 2.75) is 11.8 Å². The minimum atomic E-state index is -1.54. The smallest absolute Gasteiger partial charge is 0.312 e. The third-order valence-electron chi connectivity index (χ3n) is 3.79. The lowest BCUT2D eigenvalue weighted by molar-refractivity contribution is -0.147. The van der Waals surface area contributed by atoms with Crippen LogP contribution in [0.25, 0.3) is 0 Å². The monoisotopic (exact) mass is 348 g/mol. The van der Waals surface area contributed by atoms with E-state index in [1.54, 1.807) is 0 Å². The van der Waals surface area contributed by atoms with Crippen LogP contribution in [0.2, 0.25) is 0 Å². The molecule has 0 aromatic heterocycles. The Hall–Kier alpha value is -3.42. The van der Waals surface area contributed by atoms with Gasteiger partial charge in [0.25, 0.3) is 0 Å². The summed E-state index contributed by atoms with van der Waals surface area (Å²) in [6.07, 6.45) is 0. The first-order valence-electron chi connectivity index (χ1n) is 7.10. The summed E-state index contributed by atoms with van der Waals surface area (Å²) in [5.41, 5.74) is 0.101. The van der Waals surface area contributed by atoms with Crippen molar-refractivity contribution in [3.05, 3.63) is 47.5 Å². The fourth-order valence-electron chi connectivity index (χ4n) is 2.58. The van der Waals surface area contributed by atoms with E-state index in [2.05, 4.69) is 0 Å². The normalized spacial score (nSPS) is 13.0. The summed E-state index contributed by atoms with van der Waals surface area (Å²) < 4.78 is 4.93. The van der Waals surface area contributed by atoms with Crippen LogP contribution in [0.1, 0.15) is 23.0 Å². The fraction of sp³-hybridized carbons (Fsp3) is 0.176. The van der Waals surface area contributed by atoms with E-state index < -0.39 is 35.3 Å². The van der Waals surface area contributed by atoms with Gasteiger partial charge in [-0.1, -0.05) is 12.1 Å². The zero-order valence-corrected chi connectivity index (χ0v) is 13.1. The van der Waals surface area contributed by atoms with Gasteiger partial charge in [0.2, 0.25) is 0 Å². The van der Waals surface area contributed by atoms with Crippen LogP contribution in [-0.2, 0) is 9.59 Å². The number of aromatic hydroxyl groups is 3. The Morgan fingerprint density at radius 1 is 0.800 bits per heavy atom. The summed E-state index contributed by atoms with van der Waals surface area (Å²) in [5.74, 6) is -7.13. The van der Waals surface area contributed by atoms with E-state index in [-0.39, 0.29) is 22.6 Å². The molecule has 8 nitrogen and oxygen atoms in total. The molecule has 2 aromatic rings. The fourth-order valence-corrected chi connectivity index (χ4v) is 2.58. The molecule has 25 heavy (non-hydrogen) atoms. The van der Waals surface area contributed by atoms with Crippen molar-refractivity contribution in [1.29, 1.82) is 0 Å². The molecule has 2 aromatic carbocycles. The molecule has 8 heteroatoms. The Kier molecular flexibility index (Phi) is 5.02. The van der Waals surface area contributed by atoms with Gasteiger partial charge < -0.3 is 30.3 Å². The van der Waals surface area contributed by atoms with Gasteiger partial charge in [0.1, 0.15) is 0 Å². The maximum Gasteiger partial charge on any atom is 0.312 e. The van der Waals surface area contributed by atoms with Gasteiger partial charge >= 0.3 is 11.9 Å². The summed E-state index contributed by atoms with van der Waals surface area (Å²) >= 11 is 0. The number of aliphatic carboxylic acids is 2. The zero-order valence-electron chi connectivity index (χ0n) is 13.1. The Morgan fingerprint density at radius 2 is 1.28 bits per heavy atom. The van der Waals surface area contributed by atoms with Gasteiger partial charge in [-0.25, -0.2) is 0 Å². The van der Waals surface area contributed by atoms with Crippen LogP contribution < -0.4 is 4.74 Å². The van der Waals surface area contributed by atoms with Crippen molar-refractivity contribution < 1.29 is 39.9 Å². The SMILES string of the molecule is COc1cc(C(C(=O)O)C(C(=O)O)c2ccc(O)c(O)c2)ccc1O. The number of benzene rings is 2. The Balaban J connectivity index is 2.60. The van der Waals surface area contributed by atoms with Crippen LogP contribution in [-0.4, -0.2) is 44.6 Å². The molecule has 0 radical (unpaired) electrons. The van der Waals surface area contributed by atoms with E-state index >= 15 is 0 Å². The highest BCUT2D eigenvalue weighted by atomic mass is 16.5. The highest BCUT2D eigenvalue weighted by Crippen LogP contribution is 2.39. The highest BCUT2D eigenvalue weighted by Gasteiger charge is 2.37. The second-order valence-corrected chi connectivity index (χ2v) is 5.31. The van der Waals surface area contributed by atoms with Crippen LogP contribution in [0.5, 0.6) is 23.0 Å². The Labute approximate surface area is 142 Å². The molecule has 2 unspecified atom stereocenters. The van der Waals surface area contributed by atoms with Crippen LogP contribution in [0, 0.1) is 0 Å². The first-order chi connectivity index (χ1) is 11.8. The Morgan fingerprint density at radius 3 is 1.72 bits per heavy atom. The molecule has 0 heterocycles. The van der Waals surface area contributed by atoms with Crippen molar-refractivity contribution >= 4 is 11.9 Å². The number of carbonyl (C=O) groups is 2.